The zero-order valence-electron chi connectivity index (χ0n) is 13.5. The normalized spacial score (nSPS) is 11.5. The molecule has 0 atom stereocenters. The predicted octanol–water partition coefficient (Wildman–Crippen LogP) is 4.44. The van der Waals surface area contributed by atoms with Crippen LogP contribution in [-0.2, 0) is 6.42 Å². The molecule has 0 fully saturated rings. The van der Waals surface area contributed by atoms with Gasteiger partial charge < -0.3 is 15.9 Å². The first-order valence-corrected chi connectivity index (χ1v) is 7.75. The third-order valence-electron chi connectivity index (χ3n) is 3.63. The van der Waals surface area contributed by atoms with Gasteiger partial charge in [-0.3, -0.25) is 0 Å². The Morgan fingerprint density at radius 3 is 2.43 bits per heavy atom. The molecule has 0 aliphatic heterocycles. The highest BCUT2D eigenvalue weighted by atomic mass is 16.3. The van der Waals surface area contributed by atoms with Gasteiger partial charge in [0.1, 0.15) is 17.1 Å². The van der Waals surface area contributed by atoms with E-state index in [0.717, 1.165) is 17.5 Å². The van der Waals surface area contributed by atoms with Gasteiger partial charge in [0.05, 0.1) is 5.69 Å². The van der Waals surface area contributed by atoms with Crippen LogP contribution in [0.3, 0.4) is 0 Å². The maximum atomic E-state index is 10.4. The first kappa shape index (κ1) is 17.0. The van der Waals surface area contributed by atoms with Crippen LogP contribution in [-0.4, -0.2) is 16.8 Å². The Morgan fingerprint density at radius 1 is 1.09 bits per heavy atom. The smallest absolute Gasteiger partial charge is 0.146 e. The molecule has 5 nitrogen and oxygen atoms in total. The third kappa shape index (κ3) is 4.29. The van der Waals surface area contributed by atoms with Crippen molar-refractivity contribution in [3.8, 4) is 5.75 Å². The van der Waals surface area contributed by atoms with E-state index in [4.69, 9.17) is 10.8 Å². The van der Waals surface area contributed by atoms with E-state index in [1.54, 1.807) is 18.2 Å². The van der Waals surface area contributed by atoms with E-state index in [1.165, 1.54) is 0 Å². The number of phenolic OH excluding ortho intramolecular Hbond substituents is 1. The monoisotopic (exact) mass is 313 g/mol. The van der Waals surface area contributed by atoms with E-state index in [0.29, 0.717) is 23.5 Å². The summed E-state index contributed by atoms with van der Waals surface area (Å²) >= 11 is 0. The van der Waals surface area contributed by atoms with E-state index < -0.39 is 0 Å². The first-order valence-electron chi connectivity index (χ1n) is 7.75. The van der Waals surface area contributed by atoms with E-state index in [2.05, 4.69) is 10.2 Å². The highest BCUT2D eigenvalue weighted by Gasteiger charge is 2.13. The summed E-state index contributed by atoms with van der Waals surface area (Å²) < 4.78 is 0. The molecule has 2 aromatic rings. The predicted molar refractivity (Wildman–Crippen MR) is 92.6 cm³/mol. The molecule has 0 unspecified atom stereocenters. The summed E-state index contributed by atoms with van der Waals surface area (Å²) in [6.45, 7) is 4.16. The molecule has 0 heterocycles. The molecule has 0 saturated heterocycles. The number of para-hydroxylation sites is 1. The Labute approximate surface area is 136 Å². The summed E-state index contributed by atoms with van der Waals surface area (Å²) in [6.07, 6.45) is 1.40. The van der Waals surface area contributed by atoms with Crippen molar-refractivity contribution in [2.75, 3.05) is 12.3 Å². The molecule has 0 aromatic heterocycles. The molecule has 0 amide bonds. The zero-order chi connectivity index (χ0) is 16.8. The number of aliphatic hydroxyl groups excluding tert-OH is 1. The molecule has 0 spiro atoms. The fraction of sp³-hybridized carbons (Fsp3) is 0.333. The molecule has 2 rings (SSSR count). The summed E-state index contributed by atoms with van der Waals surface area (Å²) in [6, 6.07) is 11.0. The van der Waals surface area contributed by atoms with Crippen LogP contribution in [0.1, 0.15) is 37.3 Å². The van der Waals surface area contributed by atoms with Crippen molar-refractivity contribution in [3.63, 3.8) is 0 Å². The van der Waals surface area contributed by atoms with E-state index in [-0.39, 0.29) is 18.3 Å². The standard InChI is InChI=1S/C18H23N3O2/c1-12(2)14-10-13(6-5-9-22)11-17(18(14)23)21-20-16-8-4-3-7-15(16)19/h3-4,7-8,10-12,22-23H,5-6,9,19H2,1-2H3. The van der Waals surface area contributed by atoms with Crippen LogP contribution in [0.15, 0.2) is 46.6 Å². The van der Waals surface area contributed by atoms with Crippen molar-refractivity contribution in [1.82, 2.24) is 0 Å². The van der Waals surface area contributed by atoms with Crippen LogP contribution in [0.5, 0.6) is 5.75 Å². The summed E-state index contributed by atoms with van der Waals surface area (Å²) in [5.74, 6) is 0.311. The van der Waals surface area contributed by atoms with E-state index in [9.17, 15) is 5.11 Å². The molecule has 0 aliphatic carbocycles. The van der Waals surface area contributed by atoms with Crippen molar-refractivity contribution in [3.05, 3.63) is 47.5 Å². The van der Waals surface area contributed by atoms with Gasteiger partial charge in [-0.25, -0.2) is 0 Å². The average molecular weight is 313 g/mol. The van der Waals surface area contributed by atoms with Crippen LogP contribution in [0.2, 0.25) is 0 Å². The van der Waals surface area contributed by atoms with Crippen LogP contribution in [0.25, 0.3) is 0 Å². The number of hydrogen-bond acceptors (Lipinski definition) is 5. The topological polar surface area (TPSA) is 91.2 Å². The number of nitrogen functional groups attached to an aromatic ring is 1. The Hall–Kier alpha value is -2.40. The number of azo groups is 1. The van der Waals surface area contributed by atoms with Gasteiger partial charge in [-0.15, -0.1) is 10.2 Å². The number of aromatic hydroxyl groups is 1. The Balaban J connectivity index is 2.40. The lowest BCUT2D eigenvalue weighted by molar-refractivity contribution is 0.288. The number of nitrogens with zero attached hydrogens (tertiary/aromatic N) is 2. The van der Waals surface area contributed by atoms with Gasteiger partial charge >= 0.3 is 0 Å². The zero-order valence-corrected chi connectivity index (χ0v) is 13.5. The van der Waals surface area contributed by atoms with Crippen molar-refractivity contribution in [2.45, 2.75) is 32.6 Å². The summed E-state index contributed by atoms with van der Waals surface area (Å²) in [5.41, 5.74) is 9.24. The van der Waals surface area contributed by atoms with Gasteiger partial charge in [-0.1, -0.05) is 32.0 Å². The molecule has 23 heavy (non-hydrogen) atoms. The second-order valence-corrected chi connectivity index (χ2v) is 5.79. The summed E-state index contributed by atoms with van der Waals surface area (Å²) in [5, 5.41) is 27.8. The number of aryl methyl sites for hydroxylation is 1. The van der Waals surface area contributed by atoms with E-state index in [1.807, 2.05) is 32.0 Å². The quantitative estimate of drug-likeness (QED) is 0.544. The summed E-state index contributed by atoms with van der Waals surface area (Å²) in [4.78, 5) is 0. The number of rotatable bonds is 6. The van der Waals surface area contributed by atoms with Gasteiger partial charge in [0, 0.05) is 6.61 Å². The number of benzene rings is 2. The van der Waals surface area contributed by atoms with Crippen molar-refractivity contribution < 1.29 is 10.2 Å². The highest BCUT2D eigenvalue weighted by Crippen LogP contribution is 2.37. The SMILES string of the molecule is CC(C)c1cc(CCCO)cc(N=Nc2ccccc2N)c1O. The number of anilines is 1. The van der Waals surface area contributed by atoms with Gasteiger partial charge in [0.15, 0.2) is 0 Å². The van der Waals surface area contributed by atoms with Crippen molar-refractivity contribution >= 4 is 17.1 Å². The van der Waals surface area contributed by atoms with Gasteiger partial charge in [-0.2, -0.15) is 0 Å². The van der Waals surface area contributed by atoms with Crippen LogP contribution >= 0.6 is 0 Å². The molecule has 0 aliphatic rings. The fourth-order valence-corrected chi connectivity index (χ4v) is 2.33. The fourth-order valence-electron chi connectivity index (χ4n) is 2.33. The minimum absolute atomic E-state index is 0.134. The lowest BCUT2D eigenvalue weighted by Crippen LogP contribution is -1.94. The molecule has 4 N–H and O–H groups in total. The Morgan fingerprint density at radius 2 is 1.78 bits per heavy atom. The Bertz CT molecular complexity index is 697. The minimum Gasteiger partial charge on any atom is -0.505 e. The number of aliphatic hydroxyl groups is 1. The third-order valence-corrected chi connectivity index (χ3v) is 3.63. The number of hydrogen-bond donors (Lipinski definition) is 3. The first-order chi connectivity index (χ1) is 11.0. The lowest BCUT2D eigenvalue weighted by atomic mass is 9.97. The van der Waals surface area contributed by atoms with E-state index >= 15 is 0 Å². The summed E-state index contributed by atoms with van der Waals surface area (Å²) in [7, 11) is 0. The molecular weight excluding hydrogens is 290 g/mol. The molecule has 0 radical (unpaired) electrons. The second-order valence-electron chi connectivity index (χ2n) is 5.79. The Kier molecular flexibility index (Phi) is 5.71. The van der Waals surface area contributed by atoms with Gasteiger partial charge in [0.25, 0.3) is 0 Å². The van der Waals surface area contributed by atoms with Crippen LogP contribution in [0, 0.1) is 0 Å². The second kappa shape index (κ2) is 7.74. The van der Waals surface area contributed by atoms with Crippen LogP contribution < -0.4 is 5.73 Å². The average Bonchev–Trinajstić information content (AvgIpc) is 2.53. The molecule has 2 aromatic carbocycles. The minimum atomic E-state index is 0.134. The number of phenols is 1. The van der Waals surface area contributed by atoms with Crippen molar-refractivity contribution in [2.24, 2.45) is 10.2 Å². The highest BCUT2D eigenvalue weighted by molar-refractivity contribution is 5.63. The van der Waals surface area contributed by atoms with Gasteiger partial charge in [0.2, 0.25) is 0 Å². The van der Waals surface area contributed by atoms with Gasteiger partial charge in [-0.05, 0) is 48.1 Å². The number of nitrogens with two attached hydrogens (primary N) is 1. The maximum absolute atomic E-state index is 10.4. The molecule has 0 saturated carbocycles. The maximum Gasteiger partial charge on any atom is 0.146 e. The molecular formula is C18H23N3O2. The lowest BCUT2D eigenvalue weighted by Gasteiger charge is -2.13. The molecule has 5 heteroatoms. The molecule has 0 bridgehead atoms. The molecule has 122 valence electrons. The van der Waals surface area contributed by atoms with Crippen LogP contribution in [0.4, 0.5) is 17.1 Å². The largest absolute Gasteiger partial charge is 0.505 e. The van der Waals surface area contributed by atoms with Crippen molar-refractivity contribution in [1.29, 1.82) is 0 Å².